The highest BCUT2D eigenvalue weighted by molar-refractivity contribution is 5.92. The summed E-state index contributed by atoms with van der Waals surface area (Å²) in [6, 6.07) is 16.8. The molecule has 1 heterocycles. The molecular formula is C20H20O6. The van der Waals surface area contributed by atoms with Gasteiger partial charge in [-0.15, -0.1) is 0 Å². The number of benzene rings is 2. The van der Waals surface area contributed by atoms with E-state index >= 15 is 0 Å². The normalized spacial score (nSPS) is 26.2. The number of esters is 2. The van der Waals surface area contributed by atoms with Crippen molar-refractivity contribution >= 4 is 11.9 Å². The van der Waals surface area contributed by atoms with E-state index in [4.69, 9.17) is 9.47 Å². The van der Waals surface area contributed by atoms with Crippen LogP contribution >= 0.6 is 0 Å². The Balaban J connectivity index is 2.07. The van der Waals surface area contributed by atoms with Gasteiger partial charge in [-0.25, -0.2) is 4.79 Å². The van der Waals surface area contributed by atoms with Crippen molar-refractivity contribution in [2.24, 2.45) is 5.92 Å². The lowest BCUT2D eigenvalue weighted by Gasteiger charge is -2.30. The first-order chi connectivity index (χ1) is 12.5. The lowest BCUT2D eigenvalue weighted by Crippen LogP contribution is -2.50. The van der Waals surface area contributed by atoms with Crippen LogP contribution in [-0.4, -0.2) is 34.4 Å². The minimum atomic E-state index is -2.45. The van der Waals surface area contributed by atoms with Crippen LogP contribution in [0, 0.1) is 5.92 Å². The molecule has 1 aliphatic heterocycles. The van der Waals surface area contributed by atoms with Gasteiger partial charge in [0.1, 0.15) is 18.1 Å². The van der Waals surface area contributed by atoms with Crippen LogP contribution in [0.25, 0.3) is 0 Å². The van der Waals surface area contributed by atoms with Crippen molar-refractivity contribution in [1.82, 2.24) is 0 Å². The molecule has 0 aromatic heterocycles. The van der Waals surface area contributed by atoms with E-state index in [0.29, 0.717) is 11.1 Å². The highest BCUT2D eigenvalue weighted by Gasteiger charge is 2.65. The van der Waals surface area contributed by atoms with Crippen molar-refractivity contribution < 1.29 is 29.3 Å². The minimum Gasteiger partial charge on any atom is -0.466 e. The molecule has 0 aliphatic carbocycles. The predicted molar refractivity (Wildman–Crippen MR) is 91.7 cm³/mol. The number of carbonyl (C=O) groups excluding carboxylic acids is 2. The third-order valence-electron chi connectivity index (χ3n) is 4.54. The van der Waals surface area contributed by atoms with E-state index in [2.05, 4.69) is 0 Å². The van der Waals surface area contributed by atoms with Crippen LogP contribution in [0.4, 0.5) is 0 Å². The molecule has 0 saturated carbocycles. The summed E-state index contributed by atoms with van der Waals surface area (Å²) in [5.41, 5.74) is -1.61. The second kappa shape index (κ2) is 7.27. The standard InChI is InChI=1S/C20H20O6/c1-2-25-18(22)15-16(13-9-5-3-6-10-13)26-19(23)20(15,24)17(21)14-11-7-4-8-12-14/h3-12,15-17,21,24H,2H2,1H3/t15-,16-,17+,20+/m1/s1. The Kier molecular flexibility index (Phi) is 5.06. The third-order valence-corrected chi connectivity index (χ3v) is 4.54. The van der Waals surface area contributed by atoms with Gasteiger partial charge in [0.2, 0.25) is 5.60 Å². The Labute approximate surface area is 151 Å². The van der Waals surface area contributed by atoms with Crippen molar-refractivity contribution in [1.29, 1.82) is 0 Å². The molecule has 1 saturated heterocycles. The summed E-state index contributed by atoms with van der Waals surface area (Å²) >= 11 is 0. The molecule has 3 rings (SSSR count). The van der Waals surface area contributed by atoms with E-state index < -0.39 is 35.7 Å². The number of carbonyl (C=O) groups is 2. The molecule has 6 nitrogen and oxygen atoms in total. The van der Waals surface area contributed by atoms with Gasteiger partial charge >= 0.3 is 11.9 Å². The van der Waals surface area contributed by atoms with Gasteiger partial charge in [-0.2, -0.15) is 0 Å². The average molecular weight is 356 g/mol. The molecule has 26 heavy (non-hydrogen) atoms. The maximum Gasteiger partial charge on any atom is 0.343 e. The van der Waals surface area contributed by atoms with Gasteiger partial charge < -0.3 is 19.7 Å². The van der Waals surface area contributed by atoms with Crippen molar-refractivity contribution in [3.05, 3.63) is 71.8 Å². The Bertz CT molecular complexity index is 775. The molecule has 0 bridgehead atoms. The zero-order valence-corrected chi connectivity index (χ0v) is 14.2. The highest BCUT2D eigenvalue weighted by Crippen LogP contribution is 2.48. The number of hydrogen-bond donors (Lipinski definition) is 2. The van der Waals surface area contributed by atoms with Crippen LogP contribution in [0.3, 0.4) is 0 Å². The minimum absolute atomic E-state index is 0.0720. The summed E-state index contributed by atoms with van der Waals surface area (Å²) in [7, 11) is 0. The first-order valence-electron chi connectivity index (χ1n) is 8.38. The van der Waals surface area contributed by atoms with Gasteiger partial charge in [0, 0.05) is 0 Å². The molecule has 4 atom stereocenters. The van der Waals surface area contributed by atoms with Gasteiger partial charge in [-0.1, -0.05) is 60.7 Å². The predicted octanol–water partition coefficient (Wildman–Crippen LogP) is 1.93. The van der Waals surface area contributed by atoms with Crippen molar-refractivity contribution in [3.63, 3.8) is 0 Å². The Morgan fingerprint density at radius 1 is 1.15 bits per heavy atom. The maximum atomic E-state index is 12.6. The summed E-state index contributed by atoms with van der Waals surface area (Å²) in [5.74, 6) is -3.25. The lowest BCUT2D eigenvalue weighted by molar-refractivity contribution is -0.176. The van der Waals surface area contributed by atoms with Gasteiger partial charge in [0.15, 0.2) is 0 Å². The van der Waals surface area contributed by atoms with E-state index in [1.165, 1.54) is 0 Å². The monoisotopic (exact) mass is 356 g/mol. The van der Waals surface area contributed by atoms with Gasteiger partial charge in [0.05, 0.1) is 6.61 Å². The zero-order chi connectivity index (χ0) is 18.7. The van der Waals surface area contributed by atoms with E-state index in [-0.39, 0.29) is 6.61 Å². The molecule has 136 valence electrons. The van der Waals surface area contributed by atoms with Gasteiger partial charge in [0.25, 0.3) is 0 Å². The average Bonchev–Trinajstić information content (AvgIpc) is 2.95. The second-order valence-electron chi connectivity index (χ2n) is 6.10. The third kappa shape index (κ3) is 2.98. The van der Waals surface area contributed by atoms with Gasteiger partial charge in [-0.05, 0) is 18.1 Å². The van der Waals surface area contributed by atoms with Crippen LogP contribution in [0.1, 0.15) is 30.3 Å². The largest absolute Gasteiger partial charge is 0.466 e. The van der Waals surface area contributed by atoms with Crippen molar-refractivity contribution in [3.8, 4) is 0 Å². The first kappa shape index (κ1) is 18.1. The molecule has 1 aliphatic rings. The highest BCUT2D eigenvalue weighted by atomic mass is 16.6. The molecule has 2 N–H and O–H groups in total. The number of aliphatic hydroxyl groups excluding tert-OH is 1. The van der Waals surface area contributed by atoms with Crippen LogP contribution in [0.2, 0.25) is 0 Å². The Morgan fingerprint density at radius 2 is 1.73 bits per heavy atom. The SMILES string of the molecule is CCOC(=O)[C@H]1[C@@H](c2ccccc2)OC(=O)[C@@]1(O)[C@@H](O)c1ccccc1. The fourth-order valence-corrected chi connectivity index (χ4v) is 3.25. The molecule has 1 fully saturated rings. The zero-order valence-electron chi connectivity index (χ0n) is 14.2. The fourth-order valence-electron chi connectivity index (χ4n) is 3.25. The summed E-state index contributed by atoms with van der Waals surface area (Å²) in [4.78, 5) is 25.2. The fraction of sp³-hybridized carbons (Fsp3) is 0.300. The molecule has 0 unspecified atom stereocenters. The summed E-state index contributed by atoms with van der Waals surface area (Å²) in [6.45, 7) is 1.70. The van der Waals surface area contributed by atoms with Crippen LogP contribution in [0.5, 0.6) is 0 Å². The first-order valence-corrected chi connectivity index (χ1v) is 8.38. The summed E-state index contributed by atoms with van der Waals surface area (Å²) < 4.78 is 10.4. The number of cyclic esters (lactones) is 1. The summed E-state index contributed by atoms with van der Waals surface area (Å²) in [5, 5.41) is 21.9. The number of rotatable bonds is 5. The number of aliphatic hydroxyl groups is 2. The van der Waals surface area contributed by atoms with Crippen LogP contribution in [0.15, 0.2) is 60.7 Å². The quantitative estimate of drug-likeness (QED) is 0.795. The molecular weight excluding hydrogens is 336 g/mol. The molecule has 0 spiro atoms. The smallest absolute Gasteiger partial charge is 0.343 e. The number of hydrogen-bond acceptors (Lipinski definition) is 6. The van der Waals surface area contributed by atoms with Gasteiger partial charge in [-0.3, -0.25) is 4.79 Å². The van der Waals surface area contributed by atoms with E-state index in [1.54, 1.807) is 67.6 Å². The van der Waals surface area contributed by atoms with E-state index in [1.807, 2.05) is 0 Å². The lowest BCUT2D eigenvalue weighted by atomic mass is 9.77. The molecule has 0 amide bonds. The number of ether oxygens (including phenoxy) is 2. The van der Waals surface area contributed by atoms with E-state index in [0.717, 1.165) is 0 Å². The Hall–Kier alpha value is -2.70. The maximum absolute atomic E-state index is 12.6. The van der Waals surface area contributed by atoms with E-state index in [9.17, 15) is 19.8 Å². The summed E-state index contributed by atoms with van der Waals surface area (Å²) in [6.07, 6.45) is -2.69. The van der Waals surface area contributed by atoms with Crippen LogP contribution < -0.4 is 0 Å². The molecule has 2 aromatic carbocycles. The molecule has 6 heteroatoms. The Morgan fingerprint density at radius 3 is 2.31 bits per heavy atom. The second-order valence-corrected chi connectivity index (χ2v) is 6.10. The van der Waals surface area contributed by atoms with Crippen LogP contribution in [-0.2, 0) is 19.1 Å². The molecule has 0 radical (unpaired) electrons. The molecule has 2 aromatic rings. The van der Waals surface area contributed by atoms with Crippen molar-refractivity contribution in [2.45, 2.75) is 24.7 Å². The van der Waals surface area contributed by atoms with Crippen molar-refractivity contribution in [2.75, 3.05) is 6.61 Å². The topological polar surface area (TPSA) is 93.1 Å².